The normalized spacial score (nSPS) is 22.8. The molecule has 2 rings (SSSR count). The fraction of sp³-hybridized carbons (Fsp3) is 0.875. The molecule has 2 N–H and O–H groups in total. The Bertz CT molecular complexity index is 623. The summed E-state index contributed by atoms with van der Waals surface area (Å²) in [6.45, 7) is 9.80. The van der Waals surface area contributed by atoms with Gasteiger partial charge in [0.15, 0.2) is 0 Å². The maximum absolute atomic E-state index is 12.0. The first-order valence-electron chi connectivity index (χ1n) is 8.95. The van der Waals surface area contributed by atoms with Crippen molar-refractivity contribution in [2.24, 2.45) is 5.14 Å². The lowest BCUT2D eigenvalue weighted by Crippen LogP contribution is -2.50. The molecule has 2 aliphatic rings. The predicted molar refractivity (Wildman–Crippen MR) is 97.0 cm³/mol. The molecular weight excluding hydrogens is 360 g/mol. The molecule has 0 bridgehead atoms. The van der Waals surface area contributed by atoms with Crippen LogP contribution in [-0.4, -0.2) is 91.8 Å². The van der Waals surface area contributed by atoms with Crippen molar-refractivity contribution in [2.45, 2.75) is 44.5 Å². The third-order valence-corrected chi connectivity index (χ3v) is 5.81. The van der Waals surface area contributed by atoms with Crippen molar-refractivity contribution in [3.05, 3.63) is 0 Å². The molecule has 2 saturated heterocycles. The highest BCUT2D eigenvalue weighted by molar-refractivity contribution is 7.89. The minimum absolute atomic E-state index is 0.0204. The summed E-state index contributed by atoms with van der Waals surface area (Å²) in [5.41, 5.74) is -0.495. The van der Waals surface area contributed by atoms with Crippen LogP contribution in [0.15, 0.2) is 0 Å². The molecular formula is C16H30N4O5S. The van der Waals surface area contributed by atoms with E-state index in [0.29, 0.717) is 19.6 Å². The molecule has 2 heterocycles. The van der Waals surface area contributed by atoms with Crippen LogP contribution in [0.3, 0.4) is 0 Å². The van der Waals surface area contributed by atoms with Crippen LogP contribution < -0.4 is 5.14 Å². The molecule has 0 aliphatic carbocycles. The highest BCUT2D eigenvalue weighted by Crippen LogP contribution is 2.17. The summed E-state index contributed by atoms with van der Waals surface area (Å²) in [4.78, 5) is 29.4. The van der Waals surface area contributed by atoms with Crippen molar-refractivity contribution in [1.29, 1.82) is 0 Å². The van der Waals surface area contributed by atoms with Crippen LogP contribution in [-0.2, 0) is 19.6 Å². The van der Waals surface area contributed by atoms with Gasteiger partial charge in [-0.15, -0.1) is 0 Å². The number of piperazine rings is 1. The third-order valence-electron chi connectivity index (χ3n) is 4.57. The third kappa shape index (κ3) is 6.10. The number of sulfonamides is 1. The molecule has 2 amide bonds. The van der Waals surface area contributed by atoms with Gasteiger partial charge < -0.3 is 14.5 Å². The first kappa shape index (κ1) is 20.9. The summed E-state index contributed by atoms with van der Waals surface area (Å²) in [7, 11) is -3.66. The van der Waals surface area contributed by atoms with Gasteiger partial charge in [-0.2, -0.15) is 0 Å². The molecule has 1 unspecified atom stereocenters. The molecule has 10 heteroatoms. The zero-order valence-electron chi connectivity index (χ0n) is 15.8. The van der Waals surface area contributed by atoms with E-state index in [2.05, 4.69) is 4.90 Å². The van der Waals surface area contributed by atoms with E-state index in [4.69, 9.17) is 9.88 Å². The summed E-state index contributed by atoms with van der Waals surface area (Å²) >= 11 is 0. The number of primary sulfonamides is 1. The second kappa shape index (κ2) is 8.10. The predicted octanol–water partition coefficient (Wildman–Crippen LogP) is -0.181. The monoisotopic (exact) mass is 390 g/mol. The number of hydrogen-bond donors (Lipinski definition) is 1. The van der Waals surface area contributed by atoms with E-state index in [1.165, 1.54) is 0 Å². The number of carbonyl (C=O) groups excluding carboxylic acids is 2. The van der Waals surface area contributed by atoms with Gasteiger partial charge in [-0.25, -0.2) is 18.4 Å². The Morgan fingerprint density at radius 3 is 2.31 bits per heavy atom. The Kier molecular flexibility index (Phi) is 6.51. The van der Waals surface area contributed by atoms with Crippen LogP contribution in [0.5, 0.6) is 0 Å². The second-order valence-electron chi connectivity index (χ2n) is 7.92. The minimum atomic E-state index is -3.66. The molecule has 1 atom stereocenters. The molecule has 0 aromatic rings. The standard InChI is InChI=1S/C16H30N4O5S/c1-16(2,3)25-15(22)19-9-7-18(8-10-19)5-4-6-20-12-13(11-14(20)21)26(17,23)24/h13H,4-12H2,1-3H3,(H2,17,23,24). The quantitative estimate of drug-likeness (QED) is 0.697. The lowest BCUT2D eigenvalue weighted by Gasteiger charge is -2.35. The topological polar surface area (TPSA) is 113 Å². The van der Waals surface area contributed by atoms with Gasteiger partial charge in [0.05, 0.1) is 0 Å². The largest absolute Gasteiger partial charge is 0.444 e. The van der Waals surface area contributed by atoms with E-state index >= 15 is 0 Å². The first-order chi connectivity index (χ1) is 12.0. The Labute approximate surface area is 155 Å². The average molecular weight is 391 g/mol. The van der Waals surface area contributed by atoms with Crippen molar-refractivity contribution < 1.29 is 22.7 Å². The zero-order valence-corrected chi connectivity index (χ0v) is 16.6. The van der Waals surface area contributed by atoms with Gasteiger partial charge in [0.2, 0.25) is 15.9 Å². The van der Waals surface area contributed by atoms with E-state index in [1.54, 1.807) is 9.80 Å². The summed E-state index contributed by atoms with van der Waals surface area (Å²) in [6.07, 6.45) is 0.456. The number of rotatable bonds is 5. The zero-order chi connectivity index (χ0) is 19.5. The number of carbonyl (C=O) groups is 2. The van der Waals surface area contributed by atoms with Gasteiger partial charge in [0.25, 0.3) is 0 Å². The highest BCUT2D eigenvalue weighted by atomic mass is 32.2. The fourth-order valence-corrected chi connectivity index (χ4v) is 3.90. The van der Waals surface area contributed by atoms with Gasteiger partial charge in [-0.05, 0) is 33.7 Å². The lowest BCUT2D eigenvalue weighted by atomic mass is 10.2. The molecule has 0 aromatic heterocycles. The number of amides is 2. The SMILES string of the molecule is CC(C)(C)OC(=O)N1CCN(CCCN2CC(S(N)(=O)=O)CC2=O)CC1. The van der Waals surface area contributed by atoms with Crippen LogP contribution in [0.4, 0.5) is 4.79 Å². The Morgan fingerprint density at radius 1 is 1.19 bits per heavy atom. The van der Waals surface area contributed by atoms with E-state index in [9.17, 15) is 18.0 Å². The van der Waals surface area contributed by atoms with Crippen molar-refractivity contribution in [3.63, 3.8) is 0 Å². The van der Waals surface area contributed by atoms with Crippen LogP contribution in [0, 0.1) is 0 Å². The smallest absolute Gasteiger partial charge is 0.410 e. The van der Waals surface area contributed by atoms with Crippen molar-refractivity contribution in [1.82, 2.24) is 14.7 Å². The van der Waals surface area contributed by atoms with Gasteiger partial charge in [-0.1, -0.05) is 0 Å². The summed E-state index contributed by atoms with van der Waals surface area (Å²) < 4.78 is 28.1. The van der Waals surface area contributed by atoms with Crippen molar-refractivity contribution >= 4 is 22.0 Å². The maximum Gasteiger partial charge on any atom is 0.410 e. The van der Waals surface area contributed by atoms with Gasteiger partial charge in [-0.3, -0.25) is 9.69 Å². The fourth-order valence-electron chi connectivity index (χ4n) is 3.14. The van der Waals surface area contributed by atoms with Gasteiger partial charge in [0.1, 0.15) is 10.9 Å². The van der Waals surface area contributed by atoms with Crippen LogP contribution in [0.1, 0.15) is 33.6 Å². The Hall–Kier alpha value is -1.39. The molecule has 0 aromatic carbocycles. The molecule has 9 nitrogen and oxygen atoms in total. The molecule has 2 fully saturated rings. The Morgan fingerprint density at radius 2 is 1.81 bits per heavy atom. The van der Waals surface area contributed by atoms with Crippen molar-refractivity contribution in [2.75, 3.05) is 45.8 Å². The molecule has 0 spiro atoms. The molecule has 0 saturated carbocycles. The maximum atomic E-state index is 12.0. The molecule has 2 aliphatic heterocycles. The highest BCUT2D eigenvalue weighted by Gasteiger charge is 2.36. The Balaban J connectivity index is 1.68. The number of hydrogen-bond acceptors (Lipinski definition) is 6. The van der Waals surface area contributed by atoms with Gasteiger partial charge >= 0.3 is 6.09 Å². The van der Waals surface area contributed by atoms with Crippen LogP contribution in [0.2, 0.25) is 0 Å². The molecule has 150 valence electrons. The van der Waals surface area contributed by atoms with Crippen LogP contribution >= 0.6 is 0 Å². The summed E-state index contributed by atoms with van der Waals surface area (Å²) in [6, 6.07) is 0. The van der Waals surface area contributed by atoms with Crippen LogP contribution in [0.25, 0.3) is 0 Å². The molecule has 26 heavy (non-hydrogen) atoms. The van der Waals surface area contributed by atoms with Gasteiger partial charge in [0, 0.05) is 45.7 Å². The van der Waals surface area contributed by atoms with E-state index in [1.807, 2.05) is 20.8 Å². The van der Waals surface area contributed by atoms with E-state index in [-0.39, 0.29) is 25.0 Å². The summed E-state index contributed by atoms with van der Waals surface area (Å²) in [5, 5.41) is 4.34. The lowest BCUT2D eigenvalue weighted by molar-refractivity contribution is -0.127. The molecule has 0 radical (unpaired) electrons. The average Bonchev–Trinajstić information content (AvgIpc) is 2.88. The number of likely N-dealkylation sites (tertiary alicyclic amines) is 1. The van der Waals surface area contributed by atoms with Crippen molar-refractivity contribution in [3.8, 4) is 0 Å². The summed E-state index contributed by atoms with van der Waals surface area (Å²) in [5.74, 6) is -0.154. The van der Waals surface area contributed by atoms with E-state index in [0.717, 1.165) is 26.1 Å². The first-order valence-corrected chi connectivity index (χ1v) is 10.6. The number of nitrogens with two attached hydrogens (primary N) is 1. The number of nitrogens with zero attached hydrogens (tertiary/aromatic N) is 3. The minimum Gasteiger partial charge on any atom is -0.444 e. The second-order valence-corrected chi connectivity index (χ2v) is 9.76. The number of ether oxygens (including phenoxy) is 1. The van der Waals surface area contributed by atoms with E-state index < -0.39 is 20.9 Å².